The van der Waals surface area contributed by atoms with Crippen molar-refractivity contribution in [1.82, 2.24) is 29.5 Å². The number of fused-ring (bicyclic) bond motifs is 3. The van der Waals surface area contributed by atoms with Gasteiger partial charge in [0.25, 0.3) is 0 Å². The van der Waals surface area contributed by atoms with Crippen LogP contribution in [0.5, 0.6) is 5.75 Å². The number of halogens is 2. The van der Waals surface area contributed by atoms with Gasteiger partial charge in [-0.1, -0.05) is 6.58 Å². The molecule has 1 amide bonds. The predicted octanol–water partition coefficient (Wildman–Crippen LogP) is 5.54. The zero-order valence-corrected chi connectivity index (χ0v) is 27.0. The average molecular weight is 641 g/mol. The SMILES string of the molecule is C=CC(=O)N1CCn2nc(-c3nc(-c4cnc5c(c4)CN(C)CC5)c4c(c3-c3c(F)cc(F)cc3OCCOC)CCC4)cc2[C@H]1C. The molecule has 47 heavy (non-hydrogen) atoms. The summed E-state index contributed by atoms with van der Waals surface area (Å²) in [6.07, 6.45) is 6.42. The summed E-state index contributed by atoms with van der Waals surface area (Å²) in [5.41, 5.74) is 8.52. The highest BCUT2D eigenvalue weighted by Gasteiger charge is 2.33. The Bertz CT molecular complexity index is 1890. The second-order valence-corrected chi connectivity index (χ2v) is 12.5. The molecule has 3 aromatic heterocycles. The Hall–Kier alpha value is -4.48. The highest BCUT2D eigenvalue weighted by atomic mass is 19.1. The number of ether oxygens (including phenoxy) is 2. The molecule has 0 spiro atoms. The summed E-state index contributed by atoms with van der Waals surface area (Å²) in [5, 5.41) is 4.98. The molecule has 0 radical (unpaired) electrons. The van der Waals surface area contributed by atoms with Crippen LogP contribution in [-0.2, 0) is 41.9 Å². The maximum absolute atomic E-state index is 16.1. The third-order valence-electron chi connectivity index (χ3n) is 9.54. The van der Waals surface area contributed by atoms with Crippen molar-refractivity contribution in [2.45, 2.75) is 51.7 Å². The van der Waals surface area contributed by atoms with E-state index >= 15 is 4.39 Å². The average Bonchev–Trinajstić information content (AvgIpc) is 3.72. The molecule has 1 aromatic carbocycles. The van der Waals surface area contributed by atoms with Gasteiger partial charge in [-0.05, 0) is 68.1 Å². The van der Waals surface area contributed by atoms with Gasteiger partial charge in [-0.3, -0.25) is 14.5 Å². The topological polar surface area (TPSA) is 85.6 Å². The van der Waals surface area contributed by atoms with Crippen molar-refractivity contribution in [1.29, 1.82) is 0 Å². The Morgan fingerprint density at radius 2 is 1.87 bits per heavy atom. The van der Waals surface area contributed by atoms with E-state index < -0.39 is 11.6 Å². The summed E-state index contributed by atoms with van der Waals surface area (Å²) in [4.78, 5) is 26.8. The van der Waals surface area contributed by atoms with Crippen molar-refractivity contribution in [2.75, 3.05) is 40.5 Å². The van der Waals surface area contributed by atoms with E-state index in [9.17, 15) is 9.18 Å². The van der Waals surface area contributed by atoms with Crippen LogP contribution in [0.1, 0.15) is 47.5 Å². The van der Waals surface area contributed by atoms with Gasteiger partial charge in [0.2, 0.25) is 5.91 Å². The number of amides is 1. The zero-order chi connectivity index (χ0) is 32.8. The number of rotatable bonds is 8. The summed E-state index contributed by atoms with van der Waals surface area (Å²) in [5.74, 6) is -1.53. The highest BCUT2D eigenvalue weighted by Crippen LogP contribution is 2.47. The molecule has 1 atom stereocenters. The third kappa shape index (κ3) is 5.61. The van der Waals surface area contributed by atoms with Crippen LogP contribution in [0.4, 0.5) is 8.78 Å². The van der Waals surface area contributed by atoms with E-state index in [0.29, 0.717) is 36.5 Å². The van der Waals surface area contributed by atoms with Crippen LogP contribution < -0.4 is 4.74 Å². The fourth-order valence-corrected chi connectivity index (χ4v) is 7.23. The van der Waals surface area contributed by atoms with Crippen molar-refractivity contribution in [2.24, 2.45) is 0 Å². The first kappa shape index (κ1) is 31.1. The Morgan fingerprint density at radius 3 is 2.68 bits per heavy atom. The van der Waals surface area contributed by atoms with E-state index in [1.54, 1.807) is 12.0 Å². The molecule has 11 heteroatoms. The van der Waals surface area contributed by atoms with Crippen LogP contribution >= 0.6 is 0 Å². The molecule has 3 aliphatic rings. The lowest BCUT2D eigenvalue weighted by Gasteiger charge is -2.33. The first-order valence-electron chi connectivity index (χ1n) is 16.1. The van der Waals surface area contributed by atoms with E-state index in [1.165, 1.54) is 17.7 Å². The first-order chi connectivity index (χ1) is 22.8. The van der Waals surface area contributed by atoms with E-state index in [4.69, 9.17) is 24.5 Å². The number of hydrogen-bond acceptors (Lipinski definition) is 7. The van der Waals surface area contributed by atoms with E-state index in [2.05, 4.69) is 24.6 Å². The van der Waals surface area contributed by atoms with Crippen LogP contribution in [0.15, 0.2) is 43.1 Å². The summed E-state index contributed by atoms with van der Waals surface area (Å²) >= 11 is 0. The Morgan fingerprint density at radius 1 is 1.04 bits per heavy atom. The van der Waals surface area contributed by atoms with Gasteiger partial charge in [-0.25, -0.2) is 13.8 Å². The van der Waals surface area contributed by atoms with Gasteiger partial charge in [0, 0.05) is 68.3 Å². The Labute approximate surface area is 272 Å². The molecule has 4 aromatic rings. The summed E-state index contributed by atoms with van der Waals surface area (Å²) in [7, 11) is 3.65. The van der Waals surface area contributed by atoms with Crippen LogP contribution in [0.3, 0.4) is 0 Å². The molecule has 0 saturated heterocycles. The Kier molecular flexibility index (Phi) is 8.36. The number of benzene rings is 1. The first-order valence-corrected chi connectivity index (χ1v) is 16.1. The number of likely N-dealkylation sites (N-methyl/N-ethyl adjacent to an activating group) is 1. The highest BCUT2D eigenvalue weighted by molar-refractivity contribution is 5.90. The van der Waals surface area contributed by atoms with Crippen LogP contribution in [0, 0.1) is 11.6 Å². The second kappa shape index (κ2) is 12.6. The minimum Gasteiger partial charge on any atom is -0.490 e. The number of carbonyl (C=O) groups excluding carboxylic acids is 1. The van der Waals surface area contributed by atoms with Crippen LogP contribution in [0.25, 0.3) is 33.8 Å². The van der Waals surface area contributed by atoms with Crippen molar-refractivity contribution < 1.29 is 23.0 Å². The van der Waals surface area contributed by atoms with Gasteiger partial charge in [0.15, 0.2) is 0 Å². The molecule has 7 rings (SSSR count). The van der Waals surface area contributed by atoms with Gasteiger partial charge in [-0.2, -0.15) is 5.10 Å². The Balaban J connectivity index is 1.46. The minimum absolute atomic E-state index is 0.0861. The van der Waals surface area contributed by atoms with Crippen molar-refractivity contribution in [3.63, 3.8) is 0 Å². The normalized spacial score (nSPS) is 17.3. The summed E-state index contributed by atoms with van der Waals surface area (Å²) in [6.45, 7) is 8.73. The van der Waals surface area contributed by atoms with Crippen molar-refractivity contribution in [3.05, 3.63) is 82.8 Å². The minimum atomic E-state index is -0.735. The van der Waals surface area contributed by atoms with Gasteiger partial charge in [0.1, 0.15) is 29.7 Å². The maximum atomic E-state index is 16.1. The number of pyridine rings is 2. The fraction of sp³-hybridized carbons (Fsp3) is 0.389. The summed E-state index contributed by atoms with van der Waals surface area (Å²) < 4.78 is 43.8. The lowest BCUT2D eigenvalue weighted by Crippen LogP contribution is -2.40. The number of methoxy groups -OCH3 is 1. The second-order valence-electron chi connectivity index (χ2n) is 12.5. The molecule has 0 bridgehead atoms. The number of hydrogen-bond donors (Lipinski definition) is 0. The quantitative estimate of drug-likeness (QED) is 0.185. The molecule has 244 valence electrons. The predicted molar refractivity (Wildman–Crippen MR) is 174 cm³/mol. The molecule has 0 saturated carbocycles. The lowest BCUT2D eigenvalue weighted by atomic mass is 9.90. The van der Waals surface area contributed by atoms with E-state index in [1.807, 2.05) is 23.9 Å². The van der Waals surface area contributed by atoms with Gasteiger partial charge in [0.05, 0.1) is 41.8 Å². The molecule has 0 unspecified atom stereocenters. The van der Waals surface area contributed by atoms with Crippen LogP contribution in [0.2, 0.25) is 0 Å². The molecule has 9 nitrogen and oxygen atoms in total. The molecular weight excluding hydrogens is 602 g/mol. The van der Waals surface area contributed by atoms with Crippen molar-refractivity contribution >= 4 is 5.91 Å². The fourth-order valence-electron chi connectivity index (χ4n) is 7.23. The number of carbonyl (C=O) groups is 1. The van der Waals surface area contributed by atoms with E-state index in [0.717, 1.165) is 72.2 Å². The third-order valence-corrected chi connectivity index (χ3v) is 9.54. The standard InChI is InChI=1S/C36H38F2N6O3/c1-5-32(45)43-11-12-44-30(21(43)2)18-29(41-44)36-33(34-27(38)16-24(37)17-31(34)47-14-13-46-4)25-7-6-8-26(25)35(40-36)22-15-23-20-42(3)10-9-28(23)39-19-22/h5,15-19,21H,1,6-14,20H2,2-4H3/t21-/m1/s1. The van der Waals surface area contributed by atoms with Crippen molar-refractivity contribution in [3.8, 4) is 39.5 Å². The molecule has 0 N–H and O–H groups in total. The maximum Gasteiger partial charge on any atom is 0.246 e. The van der Waals surface area contributed by atoms with Crippen LogP contribution in [-0.4, -0.2) is 75.9 Å². The summed E-state index contributed by atoms with van der Waals surface area (Å²) in [6, 6.07) is 5.96. The van der Waals surface area contributed by atoms with Gasteiger partial charge in [-0.15, -0.1) is 0 Å². The number of nitrogens with zero attached hydrogens (tertiary/aromatic N) is 6. The molecular formula is C36H38F2N6O3. The number of aromatic nitrogens is 4. The smallest absolute Gasteiger partial charge is 0.246 e. The molecule has 0 fully saturated rings. The van der Waals surface area contributed by atoms with Gasteiger partial charge < -0.3 is 19.3 Å². The molecule has 5 heterocycles. The monoisotopic (exact) mass is 640 g/mol. The lowest BCUT2D eigenvalue weighted by molar-refractivity contribution is -0.129. The molecule has 2 aliphatic heterocycles. The molecule has 1 aliphatic carbocycles. The van der Waals surface area contributed by atoms with Gasteiger partial charge >= 0.3 is 0 Å². The van der Waals surface area contributed by atoms with E-state index in [-0.39, 0.29) is 36.5 Å². The largest absolute Gasteiger partial charge is 0.490 e. The zero-order valence-electron chi connectivity index (χ0n) is 27.0.